The Balaban J connectivity index is 1.34. The molecule has 0 atom stereocenters. The maximum Gasteiger partial charge on any atom is 0.492 e. The van der Waals surface area contributed by atoms with E-state index in [9.17, 15) is 9.59 Å². The van der Waals surface area contributed by atoms with Crippen LogP contribution in [0.15, 0.2) is 72.5 Å². The number of nitrogens with zero attached hydrogens (tertiary/aromatic N) is 1. The molecule has 0 radical (unpaired) electrons. The van der Waals surface area contributed by atoms with Gasteiger partial charge in [-0.2, -0.15) is 0 Å². The summed E-state index contributed by atoms with van der Waals surface area (Å²) in [5.74, 6) is -0.541. The average Bonchev–Trinajstić information content (AvgIpc) is 3.38. The SMILES string of the molecule is COC(=O)c1ccncc1C=C(CNC(=O)OCC1c2ccccc2-c2ccccc21)B1OC(C)(C)C(C)(C)O1. The van der Waals surface area contributed by atoms with E-state index in [1.807, 2.05) is 52.0 Å². The Labute approximate surface area is 234 Å². The zero-order valence-electron chi connectivity index (χ0n) is 23.4. The van der Waals surface area contributed by atoms with E-state index in [1.165, 1.54) is 13.3 Å². The Morgan fingerprint density at radius 2 is 1.57 bits per heavy atom. The lowest BCUT2D eigenvalue weighted by molar-refractivity contribution is 0.00578. The summed E-state index contributed by atoms with van der Waals surface area (Å²) >= 11 is 0. The highest BCUT2D eigenvalue weighted by Crippen LogP contribution is 2.44. The van der Waals surface area contributed by atoms with Gasteiger partial charge in [0.25, 0.3) is 0 Å². The van der Waals surface area contributed by atoms with Gasteiger partial charge in [0.2, 0.25) is 0 Å². The number of aromatic nitrogens is 1. The van der Waals surface area contributed by atoms with Crippen molar-refractivity contribution in [2.24, 2.45) is 0 Å². The van der Waals surface area contributed by atoms with Gasteiger partial charge in [-0.05, 0) is 61.5 Å². The number of methoxy groups -OCH3 is 1. The molecule has 1 aliphatic heterocycles. The van der Waals surface area contributed by atoms with Gasteiger partial charge in [-0.25, -0.2) is 9.59 Å². The summed E-state index contributed by atoms with van der Waals surface area (Å²) in [5, 5.41) is 2.84. The van der Waals surface area contributed by atoms with Crippen LogP contribution in [0, 0.1) is 0 Å². The maximum atomic E-state index is 12.9. The van der Waals surface area contributed by atoms with E-state index in [2.05, 4.69) is 34.6 Å². The molecule has 1 N–H and O–H groups in total. The van der Waals surface area contributed by atoms with Crippen molar-refractivity contribution in [1.29, 1.82) is 0 Å². The molecule has 8 nitrogen and oxygen atoms in total. The molecule has 0 spiro atoms. The second kappa shape index (κ2) is 10.9. The van der Waals surface area contributed by atoms with Crippen LogP contribution in [0.4, 0.5) is 4.79 Å². The summed E-state index contributed by atoms with van der Waals surface area (Å²) in [7, 11) is 0.564. The molecule has 2 aliphatic rings. The molecular weight excluding hydrogens is 507 g/mol. The molecule has 1 amide bonds. The number of rotatable bonds is 7. The van der Waals surface area contributed by atoms with Crippen LogP contribution in [-0.2, 0) is 18.8 Å². The molecule has 9 heteroatoms. The first kappa shape index (κ1) is 27.6. The minimum absolute atomic E-state index is 0.0470. The largest absolute Gasteiger partial charge is 0.492 e. The van der Waals surface area contributed by atoms with Gasteiger partial charge in [0, 0.05) is 30.4 Å². The molecule has 1 aromatic heterocycles. The van der Waals surface area contributed by atoms with Crippen molar-refractivity contribution >= 4 is 25.3 Å². The third kappa shape index (κ3) is 5.27. The summed E-state index contributed by atoms with van der Waals surface area (Å²) in [6, 6.07) is 18.0. The van der Waals surface area contributed by atoms with Crippen molar-refractivity contribution in [1.82, 2.24) is 10.3 Å². The second-order valence-corrected chi connectivity index (χ2v) is 10.9. The Morgan fingerprint density at radius 3 is 2.17 bits per heavy atom. The van der Waals surface area contributed by atoms with Gasteiger partial charge >= 0.3 is 19.2 Å². The number of fused-ring (bicyclic) bond motifs is 3. The lowest BCUT2D eigenvalue weighted by Gasteiger charge is -2.32. The minimum Gasteiger partial charge on any atom is -0.465 e. The molecule has 2 aromatic carbocycles. The Kier molecular flexibility index (Phi) is 7.53. The van der Waals surface area contributed by atoms with E-state index in [4.69, 9.17) is 18.8 Å². The van der Waals surface area contributed by atoms with Crippen LogP contribution >= 0.6 is 0 Å². The highest BCUT2D eigenvalue weighted by atomic mass is 16.7. The van der Waals surface area contributed by atoms with E-state index in [1.54, 1.807) is 18.3 Å². The Hall–Kier alpha value is -3.95. The fraction of sp³-hybridized carbons (Fsp3) is 0.323. The first-order chi connectivity index (χ1) is 19.1. The quantitative estimate of drug-likeness (QED) is 0.316. The number of hydrogen-bond acceptors (Lipinski definition) is 7. The number of esters is 1. The normalized spacial score (nSPS) is 17.2. The van der Waals surface area contributed by atoms with E-state index in [-0.39, 0.29) is 19.1 Å². The first-order valence-electron chi connectivity index (χ1n) is 13.3. The van der Waals surface area contributed by atoms with Crippen LogP contribution in [0.2, 0.25) is 0 Å². The molecule has 206 valence electrons. The maximum absolute atomic E-state index is 12.9. The van der Waals surface area contributed by atoms with E-state index in [0.29, 0.717) is 16.6 Å². The van der Waals surface area contributed by atoms with Crippen molar-refractivity contribution in [2.45, 2.75) is 44.8 Å². The lowest BCUT2D eigenvalue weighted by Crippen LogP contribution is -2.41. The van der Waals surface area contributed by atoms with Gasteiger partial charge in [-0.3, -0.25) is 4.98 Å². The molecular formula is C31H33BN2O6. The fourth-order valence-electron chi connectivity index (χ4n) is 5.04. The summed E-state index contributed by atoms with van der Waals surface area (Å²) in [5.41, 5.74) is 4.88. The van der Waals surface area contributed by atoms with Crippen molar-refractivity contribution in [3.63, 3.8) is 0 Å². The summed E-state index contributed by atoms with van der Waals surface area (Å²) in [6.45, 7) is 8.08. The molecule has 2 heterocycles. The predicted molar refractivity (Wildman–Crippen MR) is 153 cm³/mol. The van der Waals surface area contributed by atoms with Crippen LogP contribution < -0.4 is 5.32 Å². The van der Waals surface area contributed by atoms with Crippen molar-refractivity contribution in [3.05, 3.63) is 94.7 Å². The van der Waals surface area contributed by atoms with Crippen molar-refractivity contribution < 1.29 is 28.4 Å². The molecule has 40 heavy (non-hydrogen) atoms. The molecule has 1 fully saturated rings. The molecule has 1 aliphatic carbocycles. The Bertz CT molecular complexity index is 1410. The van der Waals surface area contributed by atoms with Crippen molar-refractivity contribution in [2.75, 3.05) is 20.3 Å². The van der Waals surface area contributed by atoms with Gasteiger partial charge in [-0.1, -0.05) is 54.6 Å². The van der Waals surface area contributed by atoms with E-state index < -0.39 is 30.4 Å². The van der Waals surface area contributed by atoms with Crippen molar-refractivity contribution in [3.8, 4) is 11.1 Å². The number of ether oxygens (including phenoxy) is 2. The van der Waals surface area contributed by atoms with Gasteiger partial charge in [0.1, 0.15) is 6.61 Å². The number of benzene rings is 2. The number of nitrogens with one attached hydrogen (secondary N) is 1. The monoisotopic (exact) mass is 540 g/mol. The third-order valence-electron chi connectivity index (χ3n) is 7.93. The highest BCUT2D eigenvalue weighted by Gasteiger charge is 2.52. The molecule has 0 unspecified atom stereocenters. The number of carbonyl (C=O) groups is 2. The fourth-order valence-corrected chi connectivity index (χ4v) is 5.04. The summed E-state index contributed by atoms with van der Waals surface area (Å²) in [4.78, 5) is 29.5. The zero-order valence-corrected chi connectivity index (χ0v) is 23.4. The number of alkyl carbamates (subject to hydrolysis) is 1. The number of amides is 1. The van der Waals surface area contributed by atoms with Gasteiger partial charge in [-0.15, -0.1) is 0 Å². The third-order valence-corrected chi connectivity index (χ3v) is 7.93. The highest BCUT2D eigenvalue weighted by molar-refractivity contribution is 6.56. The van der Waals surface area contributed by atoms with E-state index >= 15 is 0 Å². The topological polar surface area (TPSA) is 96.0 Å². The summed E-state index contributed by atoms with van der Waals surface area (Å²) < 4.78 is 23.2. The molecule has 3 aromatic rings. The molecule has 0 saturated carbocycles. The van der Waals surface area contributed by atoms with Crippen LogP contribution in [0.3, 0.4) is 0 Å². The lowest BCUT2D eigenvalue weighted by atomic mass is 9.76. The standard InChI is InChI=1S/C31H33BN2O6/c1-30(2)31(3,4)40-32(39-30)21(16-20-17-33-15-14-22(20)28(35)37-5)18-34-29(36)38-19-27-25-12-8-6-10-23(25)24-11-7-9-13-26(24)27/h6-17,27H,18-19H2,1-5H3,(H,34,36). The summed E-state index contributed by atoms with van der Waals surface area (Å²) in [6.07, 6.45) is 4.26. The number of pyridine rings is 1. The molecule has 5 rings (SSSR count). The van der Waals surface area contributed by atoms with Crippen LogP contribution in [-0.4, -0.2) is 55.6 Å². The van der Waals surface area contributed by atoms with E-state index in [0.717, 1.165) is 22.3 Å². The first-order valence-corrected chi connectivity index (χ1v) is 13.3. The molecule has 1 saturated heterocycles. The van der Waals surface area contributed by atoms with Crippen LogP contribution in [0.1, 0.15) is 60.7 Å². The van der Waals surface area contributed by atoms with Crippen LogP contribution in [0.25, 0.3) is 17.2 Å². The smallest absolute Gasteiger partial charge is 0.465 e. The van der Waals surface area contributed by atoms with Crippen LogP contribution in [0.5, 0.6) is 0 Å². The van der Waals surface area contributed by atoms with Gasteiger partial charge in [0.05, 0.1) is 23.9 Å². The molecule has 0 bridgehead atoms. The zero-order chi connectivity index (χ0) is 28.5. The minimum atomic E-state index is -0.760. The number of carbonyl (C=O) groups excluding carboxylic acids is 2. The number of hydrogen-bond donors (Lipinski definition) is 1. The Morgan fingerprint density at radius 1 is 0.975 bits per heavy atom. The predicted octanol–water partition coefficient (Wildman–Crippen LogP) is 5.42. The van der Waals surface area contributed by atoms with Gasteiger partial charge in [0.15, 0.2) is 0 Å². The van der Waals surface area contributed by atoms with Gasteiger partial charge < -0.3 is 24.1 Å². The second-order valence-electron chi connectivity index (χ2n) is 10.9. The average molecular weight is 540 g/mol.